The maximum Gasteiger partial charge on any atom is 0.128 e. The summed E-state index contributed by atoms with van der Waals surface area (Å²) >= 11 is 0. The fourth-order valence-electron chi connectivity index (χ4n) is 1.76. The topological polar surface area (TPSA) is 64.9 Å². The van der Waals surface area contributed by atoms with Gasteiger partial charge in [0, 0.05) is 17.8 Å². The molecule has 0 radical (unpaired) electrons. The van der Waals surface area contributed by atoms with Crippen LogP contribution in [0.25, 0.3) is 0 Å². The predicted molar refractivity (Wildman–Crippen MR) is 60.2 cm³/mol. The van der Waals surface area contributed by atoms with Gasteiger partial charge in [-0.3, -0.25) is 0 Å². The van der Waals surface area contributed by atoms with E-state index in [1.54, 1.807) is 6.20 Å². The first-order valence-corrected chi connectivity index (χ1v) is 4.75. The molecule has 1 aliphatic rings. The molecule has 1 saturated carbocycles. The zero-order chi connectivity index (χ0) is 9.26. The van der Waals surface area contributed by atoms with Gasteiger partial charge in [0.25, 0.3) is 0 Å². The van der Waals surface area contributed by atoms with E-state index in [4.69, 9.17) is 11.5 Å². The van der Waals surface area contributed by atoms with Crippen molar-refractivity contribution in [1.82, 2.24) is 4.98 Å². The Morgan fingerprint density at radius 1 is 1.43 bits per heavy atom. The molecule has 0 aromatic carbocycles. The standard InChI is InChI=1S/C10H15N3.ClH/c11-9(7-3-1-4-7)8-5-2-6-13-10(8)12;/h2,5-7,9H,1,3-4,11H2,(H2,12,13);1H/t9-;/m0./s1. The molecule has 4 heteroatoms. The molecule has 4 N–H and O–H groups in total. The molecule has 0 unspecified atom stereocenters. The third kappa shape index (κ3) is 1.99. The van der Waals surface area contributed by atoms with Crippen LogP contribution in [0.2, 0.25) is 0 Å². The van der Waals surface area contributed by atoms with E-state index in [1.165, 1.54) is 19.3 Å². The molecule has 1 aliphatic carbocycles. The summed E-state index contributed by atoms with van der Waals surface area (Å²) in [6, 6.07) is 3.96. The average molecular weight is 214 g/mol. The highest BCUT2D eigenvalue weighted by atomic mass is 35.5. The van der Waals surface area contributed by atoms with Crippen molar-refractivity contribution < 1.29 is 0 Å². The van der Waals surface area contributed by atoms with Crippen molar-refractivity contribution in [3.63, 3.8) is 0 Å². The lowest BCUT2D eigenvalue weighted by molar-refractivity contribution is 0.264. The molecular weight excluding hydrogens is 198 g/mol. The molecule has 1 aromatic heterocycles. The second kappa shape index (κ2) is 4.62. The summed E-state index contributed by atoms with van der Waals surface area (Å²) in [5.74, 6) is 1.20. The number of anilines is 1. The van der Waals surface area contributed by atoms with Gasteiger partial charge in [0.05, 0.1) is 0 Å². The Morgan fingerprint density at radius 2 is 2.14 bits per heavy atom. The van der Waals surface area contributed by atoms with Crippen LogP contribution >= 0.6 is 12.4 Å². The van der Waals surface area contributed by atoms with Gasteiger partial charge in [-0.15, -0.1) is 12.4 Å². The molecule has 78 valence electrons. The summed E-state index contributed by atoms with van der Waals surface area (Å²) in [4.78, 5) is 4.04. The number of halogens is 1. The molecule has 1 atom stereocenters. The highest BCUT2D eigenvalue weighted by molar-refractivity contribution is 5.85. The fraction of sp³-hybridized carbons (Fsp3) is 0.500. The smallest absolute Gasteiger partial charge is 0.128 e. The lowest BCUT2D eigenvalue weighted by atomic mass is 9.78. The Labute approximate surface area is 90.3 Å². The van der Waals surface area contributed by atoms with Crippen molar-refractivity contribution in [3.8, 4) is 0 Å². The number of hydrogen-bond acceptors (Lipinski definition) is 3. The first-order valence-electron chi connectivity index (χ1n) is 4.75. The normalized spacial score (nSPS) is 18.1. The molecule has 1 aromatic rings. The molecule has 0 aliphatic heterocycles. The fourth-order valence-corrected chi connectivity index (χ4v) is 1.76. The third-order valence-corrected chi connectivity index (χ3v) is 2.89. The lowest BCUT2D eigenvalue weighted by Crippen LogP contribution is -2.27. The van der Waals surface area contributed by atoms with Gasteiger partial charge in [-0.05, 0) is 24.8 Å². The molecule has 0 bridgehead atoms. The molecule has 0 amide bonds. The summed E-state index contributed by atoms with van der Waals surface area (Å²) in [6.07, 6.45) is 5.47. The number of nitrogen functional groups attached to an aromatic ring is 1. The Kier molecular flexibility index (Phi) is 3.72. The Morgan fingerprint density at radius 3 is 2.64 bits per heavy atom. The number of nitrogens with two attached hydrogens (primary N) is 2. The minimum Gasteiger partial charge on any atom is -0.383 e. The molecule has 3 nitrogen and oxygen atoms in total. The van der Waals surface area contributed by atoms with Crippen LogP contribution in [0.1, 0.15) is 30.9 Å². The third-order valence-electron chi connectivity index (χ3n) is 2.89. The molecular formula is C10H16ClN3. The average Bonchev–Trinajstić information content (AvgIpc) is 2.01. The maximum absolute atomic E-state index is 6.08. The molecule has 1 fully saturated rings. The minimum atomic E-state index is 0. The highest BCUT2D eigenvalue weighted by Gasteiger charge is 2.26. The largest absolute Gasteiger partial charge is 0.383 e. The molecule has 14 heavy (non-hydrogen) atoms. The Bertz CT molecular complexity index is 299. The van der Waals surface area contributed by atoms with Gasteiger partial charge >= 0.3 is 0 Å². The van der Waals surface area contributed by atoms with Crippen molar-refractivity contribution in [3.05, 3.63) is 23.9 Å². The van der Waals surface area contributed by atoms with Crippen molar-refractivity contribution in [2.24, 2.45) is 11.7 Å². The van der Waals surface area contributed by atoms with Gasteiger partial charge in [0.15, 0.2) is 0 Å². The van der Waals surface area contributed by atoms with Gasteiger partial charge in [0.1, 0.15) is 5.82 Å². The van der Waals surface area contributed by atoms with E-state index in [0.717, 1.165) is 5.56 Å². The van der Waals surface area contributed by atoms with E-state index in [-0.39, 0.29) is 18.4 Å². The molecule has 0 spiro atoms. The van der Waals surface area contributed by atoms with Crippen LogP contribution in [0.4, 0.5) is 5.82 Å². The first kappa shape index (κ1) is 11.3. The molecule has 1 heterocycles. The van der Waals surface area contributed by atoms with E-state index < -0.39 is 0 Å². The van der Waals surface area contributed by atoms with Crippen molar-refractivity contribution in [2.45, 2.75) is 25.3 Å². The number of hydrogen-bond donors (Lipinski definition) is 2. The predicted octanol–water partition coefficient (Wildman–Crippen LogP) is 1.89. The van der Waals surface area contributed by atoms with Gasteiger partial charge in [-0.1, -0.05) is 12.5 Å². The second-order valence-corrected chi connectivity index (χ2v) is 3.69. The zero-order valence-corrected chi connectivity index (χ0v) is 8.83. The first-order chi connectivity index (χ1) is 6.29. The Hall–Kier alpha value is -0.800. The lowest BCUT2D eigenvalue weighted by Gasteiger charge is -2.31. The van der Waals surface area contributed by atoms with E-state index in [0.29, 0.717) is 11.7 Å². The maximum atomic E-state index is 6.08. The van der Waals surface area contributed by atoms with Gasteiger partial charge in [-0.25, -0.2) is 4.98 Å². The Balaban J connectivity index is 0.000000980. The van der Waals surface area contributed by atoms with E-state index in [2.05, 4.69) is 4.98 Å². The van der Waals surface area contributed by atoms with Crippen LogP contribution in [-0.2, 0) is 0 Å². The number of aromatic nitrogens is 1. The van der Waals surface area contributed by atoms with E-state index in [9.17, 15) is 0 Å². The number of pyridine rings is 1. The summed E-state index contributed by atoms with van der Waals surface area (Å²) < 4.78 is 0. The van der Waals surface area contributed by atoms with E-state index >= 15 is 0 Å². The highest BCUT2D eigenvalue weighted by Crippen LogP contribution is 2.37. The van der Waals surface area contributed by atoms with Crippen molar-refractivity contribution in [2.75, 3.05) is 5.73 Å². The number of nitrogens with zero attached hydrogens (tertiary/aromatic N) is 1. The van der Waals surface area contributed by atoms with Crippen LogP contribution in [0, 0.1) is 5.92 Å². The van der Waals surface area contributed by atoms with Gasteiger partial charge in [-0.2, -0.15) is 0 Å². The summed E-state index contributed by atoms with van der Waals surface area (Å²) in [5, 5.41) is 0. The SMILES string of the molecule is Cl.Nc1ncccc1[C@@H](N)C1CCC1. The number of rotatable bonds is 2. The monoisotopic (exact) mass is 213 g/mol. The van der Waals surface area contributed by atoms with Crippen LogP contribution in [0.5, 0.6) is 0 Å². The van der Waals surface area contributed by atoms with Crippen LogP contribution in [0.15, 0.2) is 18.3 Å². The zero-order valence-electron chi connectivity index (χ0n) is 8.02. The molecule has 2 rings (SSSR count). The second-order valence-electron chi connectivity index (χ2n) is 3.69. The van der Waals surface area contributed by atoms with Crippen molar-refractivity contribution in [1.29, 1.82) is 0 Å². The minimum absolute atomic E-state index is 0. The van der Waals surface area contributed by atoms with E-state index in [1.807, 2.05) is 12.1 Å². The summed E-state index contributed by atoms with van der Waals surface area (Å²) in [7, 11) is 0. The van der Waals surface area contributed by atoms with Crippen molar-refractivity contribution >= 4 is 18.2 Å². The van der Waals surface area contributed by atoms with Gasteiger partial charge in [0.2, 0.25) is 0 Å². The van der Waals surface area contributed by atoms with Crippen LogP contribution < -0.4 is 11.5 Å². The van der Waals surface area contributed by atoms with Crippen LogP contribution in [0.3, 0.4) is 0 Å². The van der Waals surface area contributed by atoms with Crippen LogP contribution in [-0.4, -0.2) is 4.98 Å². The van der Waals surface area contributed by atoms with Gasteiger partial charge < -0.3 is 11.5 Å². The summed E-state index contributed by atoms with van der Waals surface area (Å²) in [5.41, 5.74) is 12.8. The molecule has 0 saturated heterocycles. The summed E-state index contributed by atoms with van der Waals surface area (Å²) in [6.45, 7) is 0. The quantitative estimate of drug-likeness (QED) is 0.789.